The maximum Gasteiger partial charge on any atom is 0.256 e. The van der Waals surface area contributed by atoms with Gasteiger partial charge in [0.1, 0.15) is 0 Å². The quantitative estimate of drug-likeness (QED) is 0.849. The zero-order valence-electron chi connectivity index (χ0n) is 13.1. The summed E-state index contributed by atoms with van der Waals surface area (Å²) in [4.78, 5) is 18.4. The lowest BCUT2D eigenvalue weighted by molar-refractivity contribution is 0.0737. The summed E-state index contributed by atoms with van der Waals surface area (Å²) in [5, 5.41) is 4.55. The lowest BCUT2D eigenvalue weighted by Crippen LogP contribution is -2.46. The van der Waals surface area contributed by atoms with Crippen LogP contribution < -0.4 is 5.32 Å². The van der Waals surface area contributed by atoms with Gasteiger partial charge in [-0.15, -0.1) is 0 Å². The Morgan fingerprint density at radius 3 is 2.91 bits per heavy atom. The number of rotatable bonds is 1. The SMILES string of the molecule is CC1CCc2[nH]c3c(C(=O)N4CCNCC4)cccc3c2C1. The molecule has 0 saturated carbocycles. The summed E-state index contributed by atoms with van der Waals surface area (Å²) in [5.41, 5.74) is 4.66. The van der Waals surface area contributed by atoms with Gasteiger partial charge < -0.3 is 15.2 Å². The molecule has 1 aromatic heterocycles. The molecule has 22 heavy (non-hydrogen) atoms. The topological polar surface area (TPSA) is 48.1 Å². The number of hydrogen-bond donors (Lipinski definition) is 2. The van der Waals surface area contributed by atoms with Crippen molar-refractivity contribution < 1.29 is 4.79 Å². The molecular weight excluding hydrogens is 274 g/mol. The van der Waals surface area contributed by atoms with Crippen molar-refractivity contribution in [2.45, 2.75) is 26.2 Å². The van der Waals surface area contributed by atoms with Crippen LogP contribution >= 0.6 is 0 Å². The van der Waals surface area contributed by atoms with Crippen LogP contribution in [0.5, 0.6) is 0 Å². The van der Waals surface area contributed by atoms with Crippen molar-refractivity contribution in [1.82, 2.24) is 15.2 Å². The van der Waals surface area contributed by atoms with E-state index in [0.29, 0.717) is 0 Å². The lowest BCUT2D eigenvalue weighted by atomic mass is 9.87. The molecule has 1 aliphatic carbocycles. The third kappa shape index (κ3) is 2.22. The second-order valence-corrected chi connectivity index (χ2v) is 6.70. The van der Waals surface area contributed by atoms with Gasteiger partial charge in [0.2, 0.25) is 0 Å². The van der Waals surface area contributed by atoms with Gasteiger partial charge in [-0.2, -0.15) is 0 Å². The van der Waals surface area contributed by atoms with Crippen LogP contribution in [0.1, 0.15) is 35.0 Å². The van der Waals surface area contributed by atoms with Crippen molar-refractivity contribution in [3.05, 3.63) is 35.0 Å². The molecule has 1 fully saturated rings. The number of benzene rings is 1. The van der Waals surface area contributed by atoms with Gasteiger partial charge in [0.15, 0.2) is 0 Å². The first-order valence-corrected chi connectivity index (χ1v) is 8.36. The summed E-state index contributed by atoms with van der Waals surface area (Å²) in [6.45, 7) is 5.69. The number of fused-ring (bicyclic) bond motifs is 3. The number of hydrogen-bond acceptors (Lipinski definition) is 2. The highest BCUT2D eigenvalue weighted by molar-refractivity contribution is 6.06. The first-order valence-electron chi connectivity index (χ1n) is 8.36. The monoisotopic (exact) mass is 297 g/mol. The Morgan fingerprint density at radius 2 is 2.09 bits per heavy atom. The minimum atomic E-state index is 0.166. The summed E-state index contributed by atoms with van der Waals surface area (Å²) in [6.07, 6.45) is 3.47. The van der Waals surface area contributed by atoms with Crippen molar-refractivity contribution in [1.29, 1.82) is 0 Å². The first-order chi connectivity index (χ1) is 10.7. The molecule has 4 nitrogen and oxygen atoms in total. The zero-order valence-corrected chi connectivity index (χ0v) is 13.1. The van der Waals surface area contributed by atoms with E-state index < -0.39 is 0 Å². The molecule has 1 atom stereocenters. The Hall–Kier alpha value is -1.81. The summed E-state index contributed by atoms with van der Waals surface area (Å²) in [7, 11) is 0. The third-order valence-corrected chi connectivity index (χ3v) is 5.10. The normalized spacial score (nSPS) is 21.9. The molecule has 0 spiro atoms. The number of para-hydroxylation sites is 1. The van der Waals surface area contributed by atoms with Gasteiger partial charge in [-0.25, -0.2) is 0 Å². The van der Waals surface area contributed by atoms with E-state index in [-0.39, 0.29) is 5.91 Å². The summed E-state index contributed by atoms with van der Waals surface area (Å²) >= 11 is 0. The predicted octanol–water partition coefficient (Wildman–Crippen LogP) is 2.34. The average Bonchev–Trinajstić information content (AvgIpc) is 2.93. The molecule has 2 aliphatic rings. The van der Waals surface area contributed by atoms with Crippen LogP contribution in [0.15, 0.2) is 18.2 Å². The Bertz CT molecular complexity index is 712. The molecule has 4 heteroatoms. The Kier molecular flexibility index (Phi) is 3.41. The van der Waals surface area contributed by atoms with Crippen LogP contribution in [0.4, 0.5) is 0 Å². The van der Waals surface area contributed by atoms with Crippen LogP contribution in [0, 0.1) is 5.92 Å². The van der Waals surface area contributed by atoms with E-state index in [2.05, 4.69) is 23.3 Å². The average molecular weight is 297 g/mol. The number of piperazine rings is 1. The molecule has 1 unspecified atom stereocenters. The number of aromatic amines is 1. The fraction of sp³-hybridized carbons (Fsp3) is 0.500. The zero-order chi connectivity index (χ0) is 15.1. The molecule has 1 aromatic carbocycles. The van der Waals surface area contributed by atoms with Gasteiger partial charge in [-0.3, -0.25) is 4.79 Å². The van der Waals surface area contributed by atoms with Crippen LogP contribution in [0.25, 0.3) is 10.9 Å². The minimum Gasteiger partial charge on any atom is -0.358 e. The molecule has 116 valence electrons. The maximum absolute atomic E-state index is 12.9. The van der Waals surface area contributed by atoms with Crippen molar-refractivity contribution in [3.8, 4) is 0 Å². The number of H-pyrrole nitrogens is 1. The number of aryl methyl sites for hydroxylation is 1. The number of nitrogens with one attached hydrogen (secondary N) is 2. The highest BCUT2D eigenvalue weighted by Gasteiger charge is 2.24. The van der Waals surface area contributed by atoms with Gasteiger partial charge >= 0.3 is 0 Å². The van der Waals surface area contributed by atoms with E-state index in [1.807, 2.05) is 17.0 Å². The minimum absolute atomic E-state index is 0.166. The molecule has 2 aromatic rings. The van der Waals surface area contributed by atoms with E-state index in [4.69, 9.17) is 0 Å². The lowest BCUT2D eigenvalue weighted by Gasteiger charge is -2.27. The molecule has 1 amide bonds. The van der Waals surface area contributed by atoms with Crippen molar-refractivity contribution in [2.75, 3.05) is 26.2 Å². The summed E-state index contributed by atoms with van der Waals surface area (Å²) < 4.78 is 0. The number of nitrogens with zero attached hydrogens (tertiary/aromatic N) is 1. The second kappa shape index (κ2) is 5.43. The van der Waals surface area contributed by atoms with E-state index in [1.54, 1.807) is 0 Å². The van der Waals surface area contributed by atoms with Crippen LogP contribution in [0.3, 0.4) is 0 Å². The number of aromatic nitrogens is 1. The van der Waals surface area contributed by atoms with Gasteiger partial charge in [-0.05, 0) is 36.8 Å². The fourth-order valence-electron chi connectivity index (χ4n) is 3.83. The first kappa shape index (κ1) is 13.8. The van der Waals surface area contributed by atoms with Crippen molar-refractivity contribution in [2.24, 2.45) is 5.92 Å². The second-order valence-electron chi connectivity index (χ2n) is 6.70. The van der Waals surface area contributed by atoms with Gasteiger partial charge in [-0.1, -0.05) is 19.1 Å². The fourth-order valence-corrected chi connectivity index (χ4v) is 3.83. The Balaban J connectivity index is 1.77. The van der Waals surface area contributed by atoms with E-state index in [9.17, 15) is 4.79 Å². The third-order valence-electron chi connectivity index (χ3n) is 5.10. The summed E-state index contributed by atoms with van der Waals surface area (Å²) in [6, 6.07) is 6.17. The molecule has 2 N–H and O–H groups in total. The highest BCUT2D eigenvalue weighted by Crippen LogP contribution is 2.33. The number of carbonyl (C=O) groups is 1. The number of amides is 1. The van der Waals surface area contributed by atoms with E-state index >= 15 is 0 Å². The Morgan fingerprint density at radius 1 is 1.27 bits per heavy atom. The smallest absolute Gasteiger partial charge is 0.256 e. The molecule has 0 bridgehead atoms. The maximum atomic E-state index is 12.9. The largest absolute Gasteiger partial charge is 0.358 e. The van der Waals surface area contributed by atoms with Crippen LogP contribution in [-0.4, -0.2) is 42.0 Å². The molecule has 1 saturated heterocycles. The summed E-state index contributed by atoms with van der Waals surface area (Å²) in [5.74, 6) is 0.901. The molecule has 2 heterocycles. The van der Waals surface area contributed by atoms with E-state index in [0.717, 1.165) is 56.0 Å². The standard InChI is InChI=1S/C18H23N3O/c1-12-5-6-16-15(11-12)13-3-2-4-14(17(13)20-16)18(22)21-9-7-19-8-10-21/h2-4,12,19-20H,5-11H2,1H3. The molecule has 0 radical (unpaired) electrons. The Labute approximate surface area is 130 Å². The van der Waals surface area contributed by atoms with Gasteiger partial charge in [0.25, 0.3) is 5.91 Å². The molecular formula is C18H23N3O. The van der Waals surface area contributed by atoms with E-state index in [1.165, 1.54) is 23.1 Å². The number of carbonyl (C=O) groups excluding carboxylic acids is 1. The van der Waals surface area contributed by atoms with Crippen molar-refractivity contribution >= 4 is 16.8 Å². The van der Waals surface area contributed by atoms with Crippen LogP contribution in [0.2, 0.25) is 0 Å². The van der Waals surface area contributed by atoms with Crippen LogP contribution in [-0.2, 0) is 12.8 Å². The molecule has 4 rings (SSSR count). The van der Waals surface area contributed by atoms with Crippen molar-refractivity contribution in [3.63, 3.8) is 0 Å². The predicted molar refractivity (Wildman–Crippen MR) is 88.3 cm³/mol. The van der Waals surface area contributed by atoms with Gasteiger partial charge in [0, 0.05) is 37.3 Å². The molecule has 1 aliphatic heterocycles. The van der Waals surface area contributed by atoms with Gasteiger partial charge in [0.05, 0.1) is 11.1 Å². The highest BCUT2D eigenvalue weighted by atomic mass is 16.2.